The van der Waals surface area contributed by atoms with E-state index in [4.69, 9.17) is 0 Å². The maximum atomic E-state index is 4.65. The van der Waals surface area contributed by atoms with E-state index in [9.17, 15) is 0 Å². The van der Waals surface area contributed by atoms with Crippen LogP contribution >= 0.6 is 11.3 Å². The normalized spacial score (nSPS) is 16.4. The van der Waals surface area contributed by atoms with Gasteiger partial charge in [0.1, 0.15) is 5.69 Å². The molecule has 130 valence electrons. The molecule has 1 fully saturated rings. The average molecular weight is 354 g/mol. The van der Waals surface area contributed by atoms with Gasteiger partial charge in [-0.15, -0.1) is 11.3 Å². The summed E-state index contributed by atoms with van der Waals surface area (Å²) in [4.78, 5) is 25.0. The zero-order valence-electron chi connectivity index (χ0n) is 14.6. The van der Waals surface area contributed by atoms with Crippen molar-refractivity contribution in [3.8, 4) is 11.5 Å². The van der Waals surface area contributed by atoms with Gasteiger partial charge in [-0.05, 0) is 39.8 Å². The third-order valence-electron chi connectivity index (χ3n) is 4.84. The Hall–Kier alpha value is -2.12. The minimum Gasteiger partial charge on any atom is -0.341 e. The molecule has 1 N–H and O–H groups in total. The fourth-order valence-corrected chi connectivity index (χ4v) is 4.10. The molecule has 25 heavy (non-hydrogen) atoms. The number of piperidine rings is 1. The number of hydrogen-bond donors (Lipinski definition) is 1. The molecule has 1 saturated heterocycles. The molecule has 0 bridgehead atoms. The molecule has 6 nitrogen and oxygen atoms in total. The largest absolute Gasteiger partial charge is 0.341 e. The Morgan fingerprint density at radius 3 is 2.52 bits per heavy atom. The van der Waals surface area contributed by atoms with Crippen molar-refractivity contribution in [3.63, 3.8) is 0 Å². The molecule has 1 aliphatic rings. The Morgan fingerprint density at radius 1 is 1.08 bits per heavy atom. The summed E-state index contributed by atoms with van der Waals surface area (Å²) >= 11 is 1.76. The van der Waals surface area contributed by atoms with E-state index in [2.05, 4.69) is 36.7 Å². The van der Waals surface area contributed by atoms with E-state index >= 15 is 0 Å². The van der Waals surface area contributed by atoms with Crippen LogP contribution in [0.2, 0.25) is 0 Å². The van der Waals surface area contributed by atoms with E-state index < -0.39 is 0 Å². The van der Waals surface area contributed by atoms with Crippen LogP contribution in [0.25, 0.3) is 11.5 Å². The van der Waals surface area contributed by atoms with Crippen LogP contribution < -0.4 is 0 Å². The highest BCUT2D eigenvalue weighted by Gasteiger charge is 2.22. The number of imidazole rings is 1. The Bertz CT molecular complexity index is 829. The van der Waals surface area contributed by atoms with E-state index in [-0.39, 0.29) is 0 Å². The minimum absolute atomic E-state index is 0.499. The number of thiazole rings is 1. The molecule has 0 aromatic carbocycles. The summed E-state index contributed by atoms with van der Waals surface area (Å²) in [5.74, 6) is 1.28. The smallest absolute Gasteiger partial charge is 0.157 e. The van der Waals surface area contributed by atoms with Crippen molar-refractivity contribution in [1.29, 1.82) is 0 Å². The number of H-pyrrole nitrogens is 1. The van der Waals surface area contributed by atoms with E-state index in [1.165, 1.54) is 10.6 Å². The maximum Gasteiger partial charge on any atom is 0.157 e. The maximum absolute atomic E-state index is 4.65. The fourth-order valence-electron chi connectivity index (χ4n) is 3.28. The second-order valence-electron chi connectivity index (χ2n) is 6.65. The zero-order chi connectivity index (χ0) is 17.2. The molecular formula is C18H22N6S. The second kappa shape index (κ2) is 7.01. The van der Waals surface area contributed by atoms with E-state index in [1.54, 1.807) is 11.3 Å². The van der Waals surface area contributed by atoms with E-state index in [1.807, 2.05) is 31.0 Å². The highest BCUT2D eigenvalue weighted by molar-refractivity contribution is 7.09. The van der Waals surface area contributed by atoms with Crippen LogP contribution in [0.4, 0.5) is 0 Å². The van der Waals surface area contributed by atoms with Crippen molar-refractivity contribution < 1.29 is 0 Å². The van der Waals surface area contributed by atoms with Gasteiger partial charge >= 0.3 is 0 Å². The van der Waals surface area contributed by atoms with Gasteiger partial charge in [0.05, 0.1) is 23.1 Å². The summed E-state index contributed by atoms with van der Waals surface area (Å²) in [5, 5.41) is 0. The summed E-state index contributed by atoms with van der Waals surface area (Å²) in [6.07, 6.45) is 7.82. The number of hydrogen-bond acceptors (Lipinski definition) is 6. The van der Waals surface area contributed by atoms with Crippen molar-refractivity contribution in [2.75, 3.05) is 13.1 Å². The molecule has 0 saturated carbocycles. The van der Waals surface area contributed by atoms with Gasteiger partial charge in [-0.25, -0.2) is 15.0 Å². The van der Waals surface area contributed by atoms with Crippen LogP contribution in [0.15, 0.2) is 24.1 Å². The molecule has 4 rings (SSSR count). The van der Waals surface area contributed by atoms with Gasteiger partial charge in [0.15, 0.2) is 5.82 Å². The number of rotatable bonds is 4. The second-order valence-corrected chi connectivity index (χ2v) is 7.59. The van der Waals surface area contributed by atoms with Gasteiger partial charge in [-0.1, -0.05) is 0 Å². The Morgan fingerprint density at radius 2 is 1.92 bits per heavy atom. The number of nitrogens with one attached hydrogen (secondary N) is 1. The van der Waals surface area contributed by atoms with E-state index in [0.717, 1.165) is 55.4 Å². The number of nitrogens with zero attached hydrogens (tertiary/aromatic N) is 5. The summed E-state index contributed by atoms with van der Waals surface area (Å²) < 4.78 is 0. The quantitative estimate of drug-likeness (QED) is 0.778. The number of likely N-dealkylation sites (tertiary alicyclic amines) is 1. The summed E-state index contributed by atoms with van der Waals surface area (Å²) in [6.45, 7) is 7.30. The van der Waals surface area contributed by atoms with Crippen LogP contribution in [0, 0.1) is 13.8 Å². The lowest BCUT2D eigenvalue weighted by Gasteiger charge is -2.31. The first-order valence-electron chi connectivity index (χ1n) is 8.64. The highest BCUT2D eigenvalue weighted by Crippen LogP contribution is 2.28. The van der Waals surface area contributed by atoms with Crippen LogP contribution in [0.1, 0.15) is 40.7 Å². The summed E-state index contributed by atoms with van der Waals surface area (Å²) in [7, 11) is 0. The van der Waals surface area contributed by atoms with Gasteiger partial charge in [-0.3, -0.25) is 9.88 Å². The van der Waals surface area contributed by atoms with Gasteiger partial charge in [-0.2, -0.15) is 0 Å². The van der Waals surface area contributed by atoms with Gasteiger partial charge in [0, 0.05) is 35.4 Å². The minimum atomic E-state index is 0.499. The molecule has 4 heterocycles. The first kappa shape index (κ1) is 16.4. The number of aromatic amines is 1. The molecule has 0 spiro atoms. The first-order chi connectivity index (χ1) is 12.2. The zero-order valence-corrected chi connectivity index (χ0v) is 15.4. The lowest BCUT2D eigenvalue weighted by molar-refractivity contribution is 0.204. The Balaban J connectivity index is 1.37. The molecule has 0 aliphatic carbocycles. The number of aromatic nitrogens is 5. The lowest BCUT2D eigenvalue weighted by Crippen LogP contribution is -2.32. The monoisotopic (exact) mass is 354 g/mol. The first-order valence-corrected chi connectivity index (χ1v) is 9.52. The highest BCUT2D eigenvalue weighted by atomic mass is 32.1. The average Bonchev–Trinajstić information content (AvgIpc) is 3.25. The van der Waals surface area contributed by atoms with Crippen LogP contribution in [-0.4, -0.2) is 42.9 Å². The van der Waals surface area contributed by atoms with Gasteiger partial charge < -0.3 is 4.98 Å². The molecule has 0 unspecified atom stereocenters. The molecule has 3 aromatic heterocycles. The fraction of sp³-hybridized carbons (Fsp3) is 0.444. The third kappa shape index (κ3) is 3.62. The predicted molar refractivity (Wildman–Crippen MR) is 98.5 cm³/mol. The Kier molecular flexibility index (Phi) is 4.59. The van der Waals surface area contributed by atoms with Crippen molar-refractivity contribution in [2.24, 2.45) is 0 Å². The molecule has 0 atom stereocenters. The molecule has 7 heteroatoms. The summed E-state index contributed by atoms with van der Waals surface area (Å²) in [6, 6.07) is 0. The van der Waals surface area contributed by atoms with Crippen molar-refractivity contribution in [1.82, 2.24) is 29.8 Å². The van der Waals surface area contributed by atoms with Crippen molar-refractivity contribution in [2.45, 2.75) is 39.2 Å². The van der Waals surface area contributed by atoms with Crippen LogP contribution in [-0.2, 0) is 6.54 Å². The number of aryl methyl sites for hydroxylation is 2. The Labute approximate surface area is 151 Å². The van der Waals surface area contributed by atoms with Gasteiger partial charge in [0.25, 0.3) is 0 Å². The molecule has 0 amide bonds. The van der Waals surface area contributed by atoms with Crippen molar-refractivity contribution >= 4 is 11.3 Å². The van der Waals surface area contributed by atoms with Crippen molar-refractivity contribution in [3.05, 3.63) is 46.1 Å². The molecular weight excluding hydrogens is 332 g/mol. The topological polar surface area (TPSA) is 70.6 Å². The third-order valence-corrected chi connectivity index (χ3v) is 5.76. The van der Waals surface area contributed by atoms with Crippen LogP contribution in [0.5, 0.6) is 0 Å². The molecule has 1 aliphatic heterocycles. The molecule has 3 aromatic rings. The lowest BCUT2D eigenvalue weighted by atomic mass is 9.93. The van der Waals surface area contributed by atoms with Crippen LogP contribution in [0.3, 0.4) is 0 Å². The van der Waals surface area contributed by atoms with E-state index in [0.29, 0.717) is 5.92 Å². The SMILES string of the molecule is Cc1cnc(-c2cnc(C3CCN(Cc4scnc4C)CC3)cn2)[nH]1. The predicted octanol–water partition coefficient (Wildman–Crippen LogP) is 3.32. The van der Waals surface area contributed by atoms with Gasteiger partial charge in [0.2, 0.25) is 0 Å². The molecule has 0 radical (unpaired) electrons. The summed E-state index contributed by atoms with van der Waals surface area (Å²) in [5.41, 5.74) is 6.04. The standard InChI is InChI=1S/C18H22N6S/c1-12-7-21-18(23-12)16-9-19-15(8-20-16)14-3-5-24(6-4-14)10-17-13(2)22-11-25-17/h7-9,11,14H,3-6,10H2,1-2H3,(H,21,23).